The molecular weight excluding hydrogens is 563 g/mol. The summed E-state index contributed by atoms with van der Waals surface area (Å²) in [4.78, 5) is 18.4. The van der Waals surface area contributed by atoms with Crippen molar-refractivity contribution in [3.8, 4) is 11.6 Å². The number of alkyl halides is 6. The Bertz CT molecular complexity index is 1470. The van der Waals surface area contributed by atoms with Crippen LogP contribution in [0, 0.1) is 5.82 Å². The summed E-state index contributed by atoms with van der Waals surface area (Å²) >= 11 is 0. The highest BCUT2D eigenvalue weighted by Gasteiger charge is 2.58. The predicted octanol–water partition coefficient (Wildman–Crippen LogP) is 5.72. The first-order valence-corrected chi connectivity index (χ1v) is 12.8. The zero-order valence-corrected chi connectivity index (χ0v) is 21.3. The SMILES string of the molecule is Nc1cc(C(F)(F)F)c2nc1-c1nnc(o1)[C@@](O)(C(F)(F)F)CCCCCN(Cc1cc(C3CC3)ccc1F)C2=O. The van der Waals surface area contributed by atoms with Crippen LogP contribution in [0.3, 0.4) is 0 Å². The number of nitrogen functional groups attached to an aromatic ring is 1. The molecule has 8 nitrogen and oxygen atoms in total. The van der Waals surface area contributed by atoms with Gasteiger partial charge in [-0.25, -0.2) is 9.37 Å². The number of halogens is 7. The van der Waals surface area contributed by atoms with E-state index in [9.17, 15) is 40.6 Å². The molecule has 0 spiro atoms. The number of benzene rings is 1. The number of pyridine rings is 1. The summed E-state index contributed by atoms with van der Waals surface area (Å²) in [6.07, 6.45) is -9.56. The van der Waals surface area contributed by atoms with Gasteiger partial charge in [-0.05, 0) is 55.7 Å². The van der Waals surface area contributed by atoms with E-state index in [-0.39, 0.29) is 37.3 Å². The number of anilines is 1. The van der Waals surface area contributed by atoms with Crippen LogP contribution in [-0.4, -0.2) is 43.8 Å². The Labute approximate surface area is 228 Å². The molecule has 3 heterocycles. The van der Waals surface area contributed by atoms with Crippen LogP contribution < -0.4 is 5.73 Å². The van der Waals surface area contributed by atoms with Crippen molar-refractivity contribution in [3.05, 3.63) is 58.4 Å². The first-order chi connectivity index (χ1) is 19.2. The number of rotatable bonds is 3. The number of carbonyl (C=O) groups excluding carboxylic acids is 1. The van der Waals surface area contributed by atoms with E-state index in [2.05, 4.69) is 15.2 Å². The maximum Gasteiger partial charge on any atom is 0.426 e. The Morgan fingerprint density at radius 2 is 1.78 bits per heavy atom. The molecule has 41 heavy (non-hydrogen) atoms. The van der Waals surface area contributed by atoms with Crippen LogP contribution in [0.1, 0.15) is 77.5 Å². The normalized spacial score (nSPS) is 20.7. The van der Waals surface area contributed by atoms with Gasteiger partial charge in [0.15, 0.2) is 5.69 Å². The largest absolute Gasteiger partial charge is 0.426 e. The lowest BCUT2D eigenvalue weighted by Gasteiger charge is -2.28. The van der Waals surface area contributed by atoms with E-state index in [0.717, 1.165) is 23.3 Å². The van der Waals surface area contributed by atoms with Gasteiger partial charge in [0.05, 0.1) is 11.3 Å². The van der Waals surface area contributed by atoms with E-state index in [1.165, 1.54) is 6.07 Å². The second kappa shape index (κ2) is 10.3. The lowest BCUT2D eigenvalue weighted by molar-refractivity contribution is -0.277. The predicted molar refractivity (Wildman–Crippen MR) is 128 cm³/mol. The van der Waals surface area contributed by atoms with Crippen molar-refractivity contribution in [3.63, 3.8) is 0 Å². The maximum absolute atomic E-state index is 14.8. The fraction of sp³-hybridized carbons (Fsp3) is 0.462. The molecule has 220 valence electrons. The number of carbonyl (C=O) groups is 1. The van der Waals surface area contributed by atoms with Gasteiger partial charge in [-0.15, -0.1) is 10.2 Å². The number of nitrogens with zero attached hydrogens (tertiary/aromatic N) is 4. The Morgan fingerprint density at radius 1 is 1.05 bits per heavy atom. The van der Waals surface area contributed by atoms with Crippen LogP contribution in [0.15, 0.2) is 28.7 Å². The minimum Gasteiger partial charge on any atom is -0.416 e. The summed E-state index contributed by atoms with van der Waals surface area (Å²) < 4.78 is 104. The topological polar surface area (TPSA) is 118 Å². The molecule has 1 aliphatic carbocycles. The van der Waals surface area contributed by atoms with Gasteiger partial charge in [-0.1, -0.05) is 18.6 Å². The highest BCUT2D eigenvalue weighted by Crippen LogP contribution is 2.44. The van der Waals surface area contributed by atoms with Crippen molar-refractivity contribution in [2.75, 3.05) is 12.3 Å². The molecule has 1 amide bonds. The van der Waals surface area contributed by atoms with Gasteiger partial charge in [0.25, 0.3) is 17.7 Å². The van der Waals surface area contributed by atoms with Gasteiger partial charge in [-0.3, -0.25) is 4.79 Å². The fourth-order valence-corrected chi connectivity index (χ4v) is 4.79. The zero-order chi connectivity index (χ0) is 29.7. The third kappa shape index (κ3) is 5.59. The van der Waals surface area contributed by atoms with Crippen LogP contribution in [0.5, 0.6) is 0 Å². The quantitative estimate of drug-likeness (QED) is 0.377. The standard InChI is InChI=1S/C26H24F7N5O3/c27-17-7-6-14(13-4-5-13)10-15(17)12-38-9-3-1-2-8-24(40,26(31,32)33)23-37-36-21(41-23)20-18(34)11-16(25(28,29)30)19(35-20)22(38)39/h6-7,10-11,13,40H,1-5,8-9,12,34H2/t24-/m1/s1. The smallest absolute Gasteiger partial charge is 0.416 e. The van der Waals surface area contributed by atoms with E-state index in [4.69, 9.17) is 10.2 Å². The average Bonchev–Trinajstić information content (AvgIpc) is 3.62. The van der Waals surface area contributed by atoms with Crippen molar-refractivity contribution in [1.82, 2.24) is 20.1 Å². The highest BCUT2D eigenvalue weighted by atomic mass is 19.4. The van der Waals surface area contributed by atoms with Gasteiger partial charge in [0.2, 0.25) is 5.60 Å². The van der Waals surface area contributed by atoms with Crippen molar-refractivity contribution >= 4 is 11.6 Å². The zero-order valence-electron chi connectivity index (χ0n) is 21.3. The average molecular weight is 587 g/mol. The number of aliphatic hydroxyl groups is 1. The van der Waals surface area contributed by atoms with E-state index in [0.29, 0.717) is 6.07 Å². The van der Waals surface area contributed by atoms with Crippen LogP contribution in [0.2, 0.25) is 0 Å². The van der Waals surface area contributed by atoms with Crippen molar-refractivity contribution in [1.29, 1.82) is 0 Å². The van der Waals surface area contributed by atoms with Crippen LogP contribution >= 0.6 is 0 Å². The Hall–Kier alpha value is -3.75. The van der Waals surface area contributed by atoms with Gasteiger partial charge < -0.3 is 20.2 Å². The monoisotopic (exact) mass is 587 g/mol. The summed E-state index contributed by atoms with van der Waals surface area (Å²) in [5.74, 6) is -3.70. The first-order valence-electron chi connectivity index (χ1n) is 12.8. The Balaban J connectivity index is 1.62. The maximum atomic E-state index is 14.8. The van der Waals surface area contributed by atoms with E-state index >= 15 is 0 Å². The summed E-state index contributed by atoms with van der Waals surface area (Å²) in [5.41, 5.74) is -0.906. The molecule has 3 N–H and O–H groups in total. The minimum atomic E-state index is -5.23. The summed E-state index contributed by atoms with van der Waals surface area (Å²) in [7, 11) is 0. The van der Waals surface area contributed by atoms with E-state index in [1.54, 1.807) is 12.1 Å². The fourth-order valence-electron chi connectivity index (χ4n) is 4.79. The summed E-state index contributed by atoms with van der Waals surface area (Å²) in [6.45, 7) is -0.644. The highest BCUT2D eigenvalue weighted by molar-refractivity contribution is 5.95. The molecule has 3 aromatic rings. The Morgan fingerprint density at radius 3 is 2.44 bits per heavy atom. The van der Waals surface area contributed by atoms with Gasteiger partial charge >= 0.3 is 12.4 Å². The summed E-state index contributed by atoms with van der Waals surface area (Å²) in [5, 5.41) is 17.2. The molecule has 1 aliphatic heterocycles. The first kappa shape index (κ1) is 28.8. The summed E-state index contributed by atoms with van der Waals surface area (Å²) in [6, 6.07) is 4.79. The van der Waals surface area contributed by atoms with Crippen LogP contribution in [-0.2, 0) is 18.3 Å². The Kier molecular flexibility index (Phi) is 7.20. The molecular formula is C26H24F7N5O3. The van der Waals surface area contributed by atoms with Crippen molar-refractivity contribution in [2.45, 2.75) is 68.9 Å². The number of fused-ring (bicyclic) bond motifs is 5. The lowest BCUT2D eigenvalue weighted by atomic mass is 9.95. The van der Waals surface area contributed by atoms with Crippen molar-refractivity contribution < 1.29 is 45.1 Å². The van der Waals surface area contributed by atoms with Gasteiger partial charge in [-0.2, -0.15) is 26.3 Å². The van der Waals surface area contributed by atoms with E-state index in [1.807, 2.05) is 0 Å². The van der Waals surface area contributed by atoms with Crippen molar-refractivity contribution in [2.24, 2.45) is 0 Å². The molecule has 0 unspecified atom stereocenters. The van der Waals surface area contributed by atoms with Gasteiger partial charge in [0.1, 0.15) is 11.5 Å². The molecule has 0 saturated heterocycles. The van der Waals surface area contributed by atoms with E-state index < -0.39 is 77.1 Å². The number of hydrogen-bond acceptors (Lipinski definition) is 7. The molecule has 1 saturated carbocycles. The molecule has 5 rings (SSSR count). The van der Waals surface area contributed by atoms with Crippen LogP contribution in [0.25, 0.3) is 11.6 Å². The number of aromatic nitrogens is 3. The third-order valence-electron chi connectivity index (χ3n) is 7.24. The molecule has 1 aromatic carbocycles. The molecule has 1 atom stereocenters. The van der Waals surface area contributed by atoms with Gasteiger partial charge in [0, 0.05) is 18.7 Å². The number of hydrogen-bond donors (Lipinski definition) is 2. The number of amides is 1. The third-order valence-corrected chi connectivity index (χ3v) is 7.24. The molecule has 2 aliphatic rings. The molecule has 4 bridgehead atoms. The molecule has 15 heteroatoms. The van der Waals surface area contributed by atoms with Crippen LogP contribution in [0.4, 0.5) is 36.4 Å². The molecule has 2 aromatic heterocycles. The minimum absolute atomic E-state index is 0.0281. The number of nitrogens with two attached hydrogens (primary N) is 1. The molecule has 1 fully saturated rings. The second-order valence-electron chi connectivity index (χ2n) is 10.3. The lowest BCUT2D eigenvalue weighted by Crippen LogP contribution is -2.42. The molecule has 0 radical (unpaired) electrons. The second-order valence-corrected chi connectivity index (χ2v) is 10.3.